The van der Waals surface area contributed by atoms with Crippen molar-refractivity contribution in [3.8, 4) is 5.75 Å². The normalized spacial score (nSPS) is 10.9. The van der Waals surface area contributed by atoms with Crippen LogP contribution >= 0.6 is 0 Å². The van der Waals surface area contributed by atoms with Crippen LogP contribution in [-0.2, 0) is 13.0 Å². The van der Waals surface area contributed by atoms with Crippen LogP contribution in [0.2, 0.25) is 0 Å². The quantitative estimate of drug-likeness (QED) is 0.453. The Balaban J connectivity index is 1.72. The second-order valence-corrected chi connectivity index (χ2v) is 7.47. The lowest BCUT2D eigenvalue weighted by Crippen LogP contribution is -2.12. The number of aromatic nitrogens is 1. The van der Waals surface area contributed by atoms with Crippen LogP contribution in [-0.4, -0.2) is 30.2 Å². The third kappa shape index (κ3) is 4.01. The molecule has 0 aliphatic heterocycles. The fraction of sp³-hybridized carbons (Fsp3) is 0.160. The van der Waals surface area contributed by atoms with Gasteiger partial charge in [-0.05, 0) is 41.0 Å². The standard InChI is InChI=1S/C25H24N2O3/c1-27(2)23-11-7-6-10-18(23)14-21-20-15-19(30-16-17-8-4-3-5-9-17)12-13-22(20)26-24(21)25(28)29/h3-13,15,26H,14,16H2,1-2H3,(H,28,29). The maximum absolute atomic E-state index is 11.9. The van der Waals surface area contributed by atoms with Crippen LogP contribution in [0.1, 0.15) is 27.2 Å². The van der Waals surface area contributed by atoms with Crippen molar-refractivity contribution in [2.45, 2.75) is 13.0 Å². The molecule has 0 atom stereocenters. The Morgan fingerprint density at radius 1 is 1.00 bits per heavy atom. The minimum Gasteiger partial charge on any atom is -0.489 e. The zero-order chi connectivity index (χ0) is 21.1. The number of aromatic carboxylic acids is 1. The molecule has 0 fully saturated rings. The predicted molar refractivity (Wildman–Crippen MR) is 120 cm³/mol. The fourth-order valence-electron chi connectivity index (χ4n) is 3.71. The smallest absolute Gasteiger partial charge is 0.352 e. The van der Waals surface area contributed by atoms with Crippen molar-refractivity contribution >= 4 is 22.6 Å². The summed E-state index contributed by atoms with van der Waals surface area (Å²) in [6.07, 6.45) is 0.512. The van der Waals surface area contributed by atoms with E-state index in [9.17, 15) is 9.90 Å². The lowest BCUT2D eigenvalue weighted by molar-refractivity contribution is 0.0690. The lowest BCUT2D eigenvalue weighted by atomic mass is 9.99. The molecule has 0 aliphatic rings. The number of H-pyrrole nitrogens is 1. The summed E-state index contributed by atoms with van der Waals surface area (Å²) < 4.78 is 5.97. The topological polar surface area (TPSA) is 65.6 Å². The number of hydrogen-bond acceptors (Lipinski definition) is 3. The second kappa shape index (κ2) is 8.33. The van der Waals surface area contributed by atoms with Crippen molar-refractivity contribution < 1.29 is 14.6 Å². The molecule has 0 saturated heterocycles. The summed E-state index contributed by atoms with van der Waals surface area (Å²) in [7, 11) is 3.98. The minimum atomic E-state index is -0.963. The molecule has 0 saturated carbocycles. The Hall–Kier alpha value is -3.73. The van der Waals surface area contributed by atoms with Gasteiger partial charge < -0.3 is 19.7 Å². The van der Waals surface area contributed by atoms with Gasteiger partial charge in [-0.15, -0.1) is 0 Å². The van der Waals surface area contributed by atoms with Gasteiger partial charge in [-0.3, -0.25) is 0 Å². The number of nitrogens with one attached hydrogen (secondary N) is 1. The molecule has 5 nitrogen and oxygen atoms in total. The number of hydrogen-bond donors (Lipinski definition) is 2. The molecular weight excluding hydrogens is 376 g/mol. The first-order chi connectivity index (χ1) is 14.5. The van der Waals surface area contributed by atoms with Gasteiger partial charge in [-0.2, -0.15) is 0 Å². The van der Waals surface area contributed by atoms with Crippen LogP contribution < -0.4 is 9.64 Å². The highest BCUT2D eigenvalue weighted by molar-refractivity contribution is 5.98. The Labute approximate surface area is 175 Å². The van der Waals surface area contributed by atoms with E-state index in [0.717, 1.165) is 33.3 Å². The van der Waals surface area contributed by atoms with Gasteiger partial charge in [0, 0.05) is 37.1 Å². The van der Waals surface area contributed by atoms with E-state index in [0.29, 0.717) is 18.8 Å². The van der Waals surface area contributed by atoms with E-state index in [1.54, 1.807) is 0 Å². The molecule has 0 unspecified atom stereocenters. The zero-order valence-corrected chi connectivity index (χ0v) is 17.1. The van der Waals surface area contributed by atoms with Crippen molar-refractivity contribution in [2.75, 3.05) is 19.0 Å². The molecule has 30 heavy (non-hydrogen) atoms. The largest absolute Gasteiger partial charge is 0.489 e. The third-order valence-electron chi connectivity index (χ3n) is 5.18. The lowest BCUT2D eigenvalue weighted by Gasteiger charge is -2.17. The molecule has 0 radical (unpaired) electrons. The zero-order valence-electron chi connectivity index (χ0n) is 17.1. The number of carboxylic acids is 1. The van der Waals surface area contributed by atoms with E-state index in [1.807, 2.05) is 91.8 Å². The molecule has 5 heteroatoms. The number of nitrogens with zero attached hydrogens (tertiary/aromatic N) is 1. The summed E-state index contributed by atoms with van der Waals surface area (Å²) in [6, 6.07) is 23.7. The molecule has 0 amide bonds. The molecule has 3 aromatic carbocycles. The summed E-state index contributed by atoms with van der Waals surface area (Å²) in [5.41, 5.74) is 4.99. The summed E-state index contributed by atoms with van der Waals surface area (Å²) in [6.45, 7) is 0.460. The van der Waals surface area contributed by atoms with Crippen molar-refractivity contribution in [2.24, 2.45) is 0 Å². The first kappa shape index (κ1) is 19.6. The molecule has 4 rings (SSSR count). The van der Waals surface area contributed by atoms with E-state index in [4.69, 9.17) is 4.74 Å². The Morgan fingerprint density at radius 2 is 1.73 bits per heavy atom. The number of carbonyl (C=O) groups is 1. The molecule has 0 spiro atoms. The highest BCUT2D eigenvalue weighted by Crippen LogP contribution is 2.31. The minimum absolute atomic E-state index is 0.221. The number of para-hydroxylation sites is 1. The van der Waals surface area contributed by atoms with Crippen LogP contribution in [0.3, 0.4) is 0 Å². The van der Waals surface area contributed by atoms with Gasteiger partial charge in [0.05, 0.1) is 0 Å². The first-order valence-electron chi connectivity index (χ1n) is 9.83. The molecule has 1 heterocycles. The second-order valence-electron chi connectivity index (χ2n) is 7.47. The van der Waals surface area contributed by atoms with Crippen molar-refractivity contribution in [1.29, 1.82) is 0 Å². The molecule has 0 aliphatic carbocycles. The van der Waals surface area contributed by atoms with Gasteiger partial charge in [0.1, 0.15) is 18.1 Å². The average molecular weight is 400 g/mol. The van der Waals surface area contributed by atoms with Gasteiger partial charge in [-0.25, -0.2) is 4.79 Å². The number of fused-ring (bicyclic) bond motifs is 1. The number of aromatic amines is 1. The monoisotopic (exact) mass is 400 g/mol. The number of rotatable bonds is 7. The molecular formula is C25H24N2O3. The van der Waals surface area contributed by atoms with E-state index >= 15 is 0 Å². The molecule has 0 bridgehead atoms. The van der Waals surface area contributed by atoms with Crippen LogP contribution in [0.5, 0.6) is 5.75 Å². The molecule has 4 aromatic rings. The van der Waals surface area contributed by atoms with Crippen molar-refractivity contribution in [1.82, 2.24) is 4.98 Å². The Kier molecular flexibility index (Phi) is 5.44. The highest BCUT2D eigenvalue weighted by atomic mass is 16.5. The number of benzene rings is 3. The van der Waals surface area contributed by atoms with Gasteiger partial charge in [0.15, 0.2) is 0 Å². The average Bonchev–Trinajstić information content (AvgIpc) is 3.11. The van der Waals surface area contributed by atoms with Gasteiger partial charge in [0.25, 0.3) is 0 Å². The molecule has 2 N–H and O–H groups in total. The third-order valence-corrected chi connectivity index (χ3v) is 5.18. The molecule has 152 valence electrons. The Morgan fingerprint density at radius 3 is 2.47 bits per heavy atom. The van der Waals surface area contributed by atoms with Gasteiger partial charge in [-0.1, -0.05) is 48.5 Å². The van der Waals surface area contributed by atoms with E-state index < -0.39 is 5.97 Å². The maximum atomic E-state index is 11.9. The van der Waals surface area contributed by atoms with E-state index in [1.165, 1.54) is 0 Å². The Bertz CT molecular complexity index is 1180. The number of anilines is 1. The molecule has 1 aromatic heterocycles. The van der Waals surface area contributed by atoms with Gasteiger partial charge >= 0.3 is 5.97 Å². The number of carboxylic acid groups (broad SMARTS) is 1. The fourth-order valence-corrected chi connectivity index (χ4v) is 3.71. The highest BCUT2D eigenvalue weighted by Gasteiger charge is 2.19. The SMILES string of the molecule is CN(C)c1ccccc1Cc1c(C(=O)O)[nH]c2ccc(OCc3ccccc3)cc12. The first-order valence-corrected chi connectivity index (χ1v) is 9.83. The summed E-state index contributed by atoms with van der Waals surface area (Å²) in [5.74, 6) is -0.250. The van der Waals surface area contributed by atoms with Crippen LogP contribution in [0.15, 0.2) is 72.8 Å². The van der Waals surface area contributed by atoms with Crippen LogP contribution in [0.4, 0.5) is 5.69 Å². The number of ether oxygens (including phenoxy) is 1. The van der Waals surface area contributed by atoms with Crippen molar-refractivity contribution in [3.05, 3.63) is 95.2 Å². The summed E-state index contributed by atoms with van der Waals surface area (Å²) in [4.78, 5) is 17.0. The van der Waals surface area contributed by atoms with Crippen LogP contribution in [0.25, 0.3) is 10.9 Å². The predicted octanol–water partition coefficient (Wildman–Crippen LogP) is 5.10. The van der Waals surface area contributed by atoms with E-state index in [-0.39, 0.29) is 5.69 Å². The summed E-state index contributed by atoms with van der Waals surface area (Å²) in [5, 5.41) is 10.6. The van der Waals surface area contributed by atoms with E-state index in [2.05, 4.69) is 4.98 Å². The van der Waals surface area contributed by atoms with Crippen molar-refractivity contribution in [3.63, 3.8) is 0 Å². The van der Waals surface area contributed by atoms with Crippen LogP contribution in [0, 0.1) is 0 Å². The maximum Gasteiger partial charge on any atom is 0.352 e. The van der Waals surface area contributed by atoms with Gasteiger partial charge in [0.2, 0.25) is 0 Å². The summed E-state index contributed by atoms with van der Waals surface area (Å²) >= 11 is 0.